The number of hydrogen-bond donors (Lipinski definition) is 6. The van der Waals surface area contributed by atoms with Gasteiger partial charge in [-0.1, -0.05) is 0 Å². The topological polar surface area (TPSA) is 173 Å². The summed E-state index contributed by atoms with van der Waals surface area (Å²) < 4.78 is 6.02. The van der Waals surface area contributed by atoms with Crippen molar-refractivity contribution in [3.05, 3.63) is 31.3 Å². The maximum absolute atomic E-state index is 11.9. The molecule has 1 fully saturated rings. The fourth-order valence-electron chi connectivity index (χ4n) is 2.38. The van der Waals surface area contributed by atoms with Gasteiger partial charge in [-0.2, -0.15) is 0 Å². The van der Waals surface area contributed by atoms with Crippen LogP contribution in [0.25, 0.3) is 11.2 Å². The zero-order valence-electron chi connectivity index (χ0n) is 10.4. The normalized spacial score (nSPS) is 29.3. The van der Waals surface area contributed by atoms with Gasteiger partial charge in [-0.3, -0.25) is 19.7 Å². The number of ether oxygens (including phenoxy) is 1. The molecule has 0 bridgehead atoms. The lowest BCUT2D eigenvalue weighted by Crippen LogP contribution is -2.38. The Labute approximate surface area is 114 Å². The van der Waals surface area contributed by atoms with Gasteiger partial charge in [0.2, 0.25) is 0 Å². The summed E-state index contributed by atoms with van der Waals surface area (Å²) in [6, 6.07) is 0. The van der Waals surface area contributed by atoms with Gasteiger partial charge in [-0.25, -0.2) is 14.2 Å². The third-order valence-corrected chi connectivity index (χ3v) is 3.39. The minimum atomic E-state index is -1.52. The first-order valence-corrected chi connectivity index (χ1v) is 6.03. The molecule has 1 saturated heterocycles. The fourth-order valence-corrected chi connectivity index (χ4v) is 2.38. The molecule has 0 aliphatic carbocycles. The Bertz CT molecular complexity index is 845. The van der Waals surface area contributed by atoms with Crippen LogP contribution in [0.2, 0.25) is 0 Å². The number of aromatic nitrogens is 4. The van der Waals surface area contributed by atoms with Crippen LogP contribution in [0.1, 0.15) is 6.23 Å². The zero-order chi connectivity index (χ0) is 15.3. The number of nitrogens with zero attached hydrogens (tertiary/aromatic N) is 1. The first-order valence-electron chi connectivity index (χ1n) is 6.03. The Balaban J connectivity index is 2.24. The van der Waals surface area contributed by atoms with E-state index in [0.717, 1.165) is 4.57 Å². The van der Waals surface area contributed by atoms with Gasteiger partial charge >= 0.3 is 11.4 Å². The standard InChI is InChI=1S/C10H12N4O7/c15-1-2-4(16)5(17)8(21-2)14-6-3(11-9(19)12-6)7(18)13-10(14)20/h2,4-5,8,15-17H,1H2,(H2,11,12,19)(H,13,18,20)/t2-,4-,5-,8?/m0/s1. The summed E-state index contributed by atoms with van der Waals surface area (Å²) in [4.78, 5) is 41.3. The molecule has 0 amide bonds. The number of imidazole rings is 1. The lowest BCUT2D eigenvalue weighted by atomic mass is 10.1. The van der Waals surface area contributed by atoms with E-state index in [1.165, 1.54) is 0 Å². The van der Waals surface area contributed by atoms with Gasteiger partial charge in [-0.15, -0.1) is 0 Å². The van der Waals surface area contributed by atoms with E-state index in [2.05, 4.69) is 9.97 Å². The molecule has 6 N–H and O–H groups in total. The first kappa shape index (κ1) is 13.8. The number of hydrogen-bond acceptors (Lipinski definition) is 7. The molecule has 0 aromatic carbocycles. The molecule has 0 spiro atoms. The van der Waals surface area contributed by atoms with E-state index in [-0.39, 0.29) is 11.2 Å². The summed E-state index contributed by atoms with van der Waals surface area (Å²) in [7, 11) is 0. The maximum Gasteiger partial charge on any atom is 0.332 e. The van der Waals surface area contributed by atoms with E-state index in [1.807, 2.05) is 4.98 Å². The highest BCUT2D eigenvalue weighted by Crippen LogP contribution is 2.29. The highest BCUT2D eigenvalue weighted by atomic mass is 16.6. The van der Waals surface area contributed by atoms with E-state index in [4.69, 9.17) is 9.84 Å². The molecular formula is C10H12N4O7. The minimum absolute atomic E-state index is 0.177. The summed E-state index contributed by atoms with van der Waals surface area (Å²) in [5, 5.41) is 28.7. The molecule has 1 aliphatic rings. The Morgan fingerprint density at radius 1 is 1.10 bits per heavy atom. The monoisotopic (exact) mass is 300 g/mol. The summed E-state index contributed by atoms with van der Waals surface area (Å²) >= 11 is 0. The van der Waals surface area contributed by atoms with Crippen LogP contribution in [0.3, 0.4) is 0 Å². The summed E-state index contributed by atoms with van der Waals surface area (Å²) in [6.07, 6.45) is -5.40. The lowest BCUT2D eigenvalue weighted by Gasteiger charge is -2.17. The largest absolute Gasteiger partial charge is 0.394 e. The Morgan fingerprint density at radius 2 is 1.81 bits per heavy atom. The Hall–Kier alpha value is -2.21. The third kappa shape index (κ3) is 1.94. The van der Waals surface area contributed by atoms with Gasteiger partial charge in [0.1, 0.15) is 18.3 Å². The highest BCUT2D eigenvalue weighted by molar-refractivity contribution is 5.68. The summed E-state index contributed by atoms with van der Waals surface area (Å²) in [6.45, 7) is -0.570. The van der Waals surface area contributed by atoms with Crippen molar-refractivity contribution in [2.75, 3.05) is 6.61 Å². The van der Waals surface area contributed by atoms with Crippen LogP contribution in [0.4, 0.5) is 0 Å². The summed E-state index contributed by atoms with van der Waals surface area (Å²) in [5.41, 5.74) is -2.84. The Kier molecular flexibility index (Phi) is 3.06. The van der Waals surface area contributed by atoms with Crippen LogP contribution in [-0.4, -0.2) is 59.8 Å². The van der Waals surface area contributed by atoms with E-state index in [9.17, 15) is 24.6 Å². The molecule has 114 valence electrons. The van der Waals surface area contributed by atoms with Gasteiger partial charge in [0.05, 0.1) is 6.61 Å². The molecule has 3 rings (SSSR count). The number of aliphatic hydroxyl groups is 3. The lowest BCUT2D eigenvalue weighted by molar-refractivity contribution is -0.0530. The van der Waals surface area contributed by atoms with E-state index >= 15 is 0 Å². The van der Waals surface area contributed by atoms with Gasteiger partial charge in [0.15, 0.2) is 17.4 Å². The molecule has 11 nitrogen and oxygen atoms in total. The zero-order valence-corrected chi connectivity index (χ0v) is 10.4. The third-order valence-electron chi connectivity index (χ3n) is 3.39. The number of rotatable bonds is 2. The van der Waals surface area contributed by atoms with Crippen LogP contribution in [0.15, 0.2) is 14.4 Å². The first-order chi connectivity index (χ1) is 9.93. The smallest absolute Gasteiger partial charge is 0.332 e. The van der Waals surface area contributed by atoms with Crippen molar-refractivity contribution in [2.45, 2.75) is 24.5 Å². The van der Waals surface area contributed by atoms with E-state index in [0.29, 0.717) is 0 Å². The van der Waals surface area contributed by atoms with Crippen LogP contribution in [0, 0.1) is 0 Å². The molecule has 0 saturated carbocycles. The molecule has 0 radical (unpaired) electrons. The van der Waals surface area contributed by atoms with Gasteiger partial charge in [-0.05, 0) is 0 Å². The van der Waals surface area contributed by atoms with Crippen LogP contribution < -0.4 is 16.9 Å². The maximum atomic E-state index is 11.9. The number of aromatic amines is 3. The van der Waals surface area contributed by atoms with Crippen LogP contribution in [0.5, 0.6) is 0 Å². The van der Waals surface area contributed by atoms with E-state index < -0.39 is 48.1 Å². The second-order valence-electron chi connectivity index (χ2n) is 4.66. The molecule has 1 unspecified atom stereocenters. The minimum Gasteiger partial charge on any atom is -0.394 e. The fraction of sp³-hybridized carbons (Fsp3) is 0.500. The number of H-pyrrole nitrogens is 3. The summed E-state index contributed by atoms with van der Waals surface area (Å²) in [5.74, 6) is 0. The van der Waals surface area contributed by atoms with Crippen molar-refractivity contribution in [3.63, 3.8) is 0 Å². The van der Waals surface area contributed by atoms with Gasteiger partial charge in [0.25, 0.3) is 5.56 Å². The SMILES string of the molecule is O=c1[nH]c2c(=O)[nH]c(=O)n(C3O[C@@H](CO)[C@H](O)[C@@H]3O)c2[nH]1. The van der Waals surface area contributed by atoms with Crippen molar-refractivity contribution < 1.29 is 20.1 Å². The van der Waals surface area contributed by atoms with Crippen molar-refractivity contribution in [1.82, 2.24) is 19.5 Å². The van der Waals surface area contributed by atoms with Crippen LogP contribution >= 0.6 is 0 Å². The Morgan fingerprint density at radius 3 is 2.43 bits per heavy atom. The average molecular weight is 300 g/mol. The molecule has 2 aromatic heterocycles. The average Bonchev–Trinajstić information content (AvgIpc) is 2.94. The molecule has 1 aliphatic heterocycles. The molecule has 21 heavy (non-hydrogen) atoms. The van der Waals surface area contributed by atoms with Gasteiger partial charge in [0, 0.05) is 0 Å². The van der Waals surface area contributed by atoms with Crippen molar-refractivity contribution in [1.29, 1.82) is 0 Å². The number of fused-ring (bicyclic) bond motifs is 1. The molecule has 3 heterocycles. The predicted octanol–water partition coefficient (Wildman–Crippen LogP) is -3.68. The molecule has 2 aromatic rings. The van der Waals surface area contributed by atoms with Crippen LogP contribution in [-0.2, 0) is 4.74 Å². The highest BCUT2D eigenvalue weighted by Gasteiger charge is 2.44. The van der Waals surface area contributed by atoms with Gasteiger partial charge < -0.3 is 20.1 Å². The quantitative estimate of drug-likeness (QED) is 0.331. The number of nitrogens with one attached hydrogen (secondary N) is 3. The molecule has 4 atom stereocenters. The van der Waals surface area contributed by atoms with Crippen molar-refractivity contribution in [2.24, 2.45) is 0 Å². The number of aliphatic hydroxyl groups excluding tert-OH is 3. The van der Waals surface area contributed by atoms with Crippen molar-refractivity contribution in [3.8, 4) is 0 Å². The molecule has 11 heteroatoms. The van der Waals surface area contributed by atoms with Crippen molar-refractivity contribution >= 4 is 11.2 Å². The second kappa shape index (κ2) is 4.66. The second-order valence-corrected chi connectivity index (χ2v) is 4.66. The predicted molar refractivity (Wildman–Crippen MR) is 66.8 cm³/mol. The van der Waals surface area contributed by atoms with E-state index in [1.54, 1.807) is 0 Å². The molecular weight excluding hydrogens is 288 g/mol.